The molecule has 1 aromatic heterocycles. The van der Waals surface area contributed by atoms with E-state index in [0.29, 0.717) is 11.6 Å². The number of aromatic nitrogens is 2. The van der Waals surface area contributed by atoms with Crippen molar-refractivity contribution in [2.24, 2.45) is 7.05 Å². The Labute approximate surface area is 108 Å². The molecule has 0 aliphatic heterocycles. The van der Waals surface area contributed by atoms with Crippen LogP contribution in [0.15, 0.2) is 30.5 Å². The van der Waals surface area contributed by atoms with Gasteiger partial charge in [-0.15, -0.1) is 5.10 Å². The number of hydrogen-bond acceptors (Lipinski definition) is 4. The van der Waals surface area contributed by atoms with Gasteiger partial charge < -0.3 is 5.32 Å². The smallest absolute Gasteiger partial charge is 0.330 e. The summed E-state index contributed by atoms with van der Waals surface area (Å²) in [5.74, 6) is 0.238. The minimum atomic E-state index is -0.470. The minimum Gasteiger partial charge on any atom is -0.359 e. The molecule has 1 aromatic carbocycles. The van der Waals surface area contributed by atoms with Crippen molar-refractivity contribution in [2.45, 2.75) is 6.54 Å². The Balaban J connectivity index is 2.16. The standard InChI is InChI=1S/C11H11ClN4O2/c1-15-7-10(16(17)18)11(14-15)13-6-8-4-2-3-5-9(8)12/h2-5,7H,6H2,1H3,(H,13,14). The summed E-state index contributed by atoms with van der Waals surface area (Å²) >= 11 is 6.00. The van der Waals surface area contributed by atoms with Crippen molar-refractivity contribution in [1.82, 2.24) is 9.78 Å². The molecule has 6 nitrogen and oxygen atoms in total. The summed E-state index contributed by atoms with van der Waals surface area (Å²) in [5, 5.41) is 18.3. The van der Waals surface area contributed by atoms with Crippen LogP contribution in [0.2, 0.25) is 5.02 Å². The molecule has 0 atom stereocenters. The van der Waals surface area contributed by atoms with Crippen molar-refractivity contribution >= 4 is 23.1 Å². The van der Waals surface area contributed by atoms with E-state index in [1.54, 1.807) is 13.1 Å². The summed E-state index contributed by atoms with van der Waals surface area (Å²) in [7, 11) is 1.63. The molecule has 0 radical (unpaired) electrons. The Morgan fingerprint density at radius 3 is 2.89 bits per heavy atom. The van der Waals surface area contributed by atoms with Crippen LogP contribution in [-0.2, 0) is 13.6 Å². The van der Waals surface area contributed by atoms with E-state index < -0.39 is 4.92 Å². The fourth-order valence-corrected chi connectivity index (χ4v) is 1.76. The molecule has 0 bridgehead atoms. The highest BCUT2D eigenvalue weighted by atomic mass is 35.5. The summed E-state index contributed by atoms with van der Waals surface area (Å²) in [6.07, 6.45) is 1.36. The Bertz CT molecular complexity index is 582. The molecule has 0 spiro atoms. The van der Waals surface area contributed by atoms with E-state index in [9.17, 15) is 10.1 Å². The van der Waals surface area contributed by atoms with Gasteiger partial charge in [0.15, 0.2) is 0 Å². The first-order chi connectivity index (χ1) is 8.58. The fourth-order valence-electron chi connectivity index (χ4n) is 1.56. The van der Waals surface area contributed by atoms with Crippen LogP contribution in [0.25, 0.3) is 0 Å². The van der Waals surface area contributed by atoms with E-state index in [-0.39, 0.29) is 11.5 Å². The molecule has 1 N–H and O–H groups in total. The van der Waals surface area contributed by atoms with Crippen LogP contribution in [0.4, 0.5) is 11.5 Å². The second-order valence-corrected chi connectivity index (χ2v) is 4.15. The molecule has 2 aromatic rings. The second-order valence-electron chi connectivity index (χ2n) is 3.74. The largest absolute Gasteiger partial charge is 0.359 e. The van der Waals surface area contributed by atoms with Crippen LogP contribution in [0.5, 0.6) is 0 Å². The lowest BCUT2D eigenvalue weighted by Gasteiger charge is -2.04. The quantitative estimate of drug-likeness (QED) is 0.682. The number of rotatable bonds is 4. The van der Waals surface area contributed by atoms with Crippen molar-refractivity contribution in [3.63, 3.8) is 0 Å². The maximum Gasteiger partial charge on any atom is 0.330 e. The Morgan fingerprint density at radius 1 is 1.50 bits per heavy atom. The van der Waals surface area contributed by atoms with Gasteiger partial charge in [-0.3, -0.25) is 14.8 Å². The molecule has 1 heterocycles. The normalized spacial score (nSPS) is 10.3. The van der Waals surface area contributed by atoms with Crippen LogP contribution in [0.1, 0.15) is 5.56 Å². The highest BCUT2D eigenvalue weighted by Crippen LogP contribution is 2.23. The zero-order chi connectivity index (χ0) is 13.1. The third-order valence-electron chi connectivity index (χ3n) is 2.41. The molecular weight excluding hydrogens is 256 g/mol. The zero-order valence-electron chi connectivity index (χ0n) is 9.63. The van der Waals surface area contributed by atoms with E-state index in [0.717, 1.165) is 5.56 Å². The molecule has 2 rings (SSSR count). The van der Waals surface area contributed by atoms with Gasteiger partial charge in [0.2, 0.25) is 5.82 Å². The number of aryl methyl sites for hydroxylation is 1. The summed E-state index contributed by atoms with van der Waals surface area (Å²) in [4.78, 5) is 10.3. The van der Waals surface area contributed by atoms with E-state index >= 15 is 0 Å². The molecule has 0 fully saturated rings. The van der Waals surface area contributed by atoms with Gasteiger partial charge in [-0.2, -0.15) is 0 Å². The van der Waals surface area contributed by atoms with Gasteiger partial charge in [-0.25, -0.2) is 0 Å². The number of anilines is 1. The number of nitrogens with zero attached hydrogens (tertiary/aromatic N) is 3. The Hall–Kier alpha value is -2.08. The van der Waals surface area contributed by atoms with Crippen molar-refractivity contribution in [1.29, 1.82) is 0 Å². The third kappa shape index (κ3) is 2.60. The molecule has 0 amide bonds. The number of halogens is 1. The van der Waals surface area contributed by atoms with E-state index in [2.05, 4.69) is 10.4 Å². The van der Waals surface area contributed by atoms with E-state index in [1.165, 1.54) is 10.9 Å². The molecule has 18 heavy (non-hydrogen) atoms. The summed E-state index contributed by atoms with van der Waals surface area (Å²) in [6, 6.07) is 7.31. The number of nitro groups is 1. The number of hydrogen-bond donors (Lipinski definition) is 1. The molecule has 7 heteroatoms. The van der Waals surface area contributed by atoms with Gasteiger partial charge in [-0.1, -0.05) is 29.8 Å². The maximum atomic E-state index is 10.8. The van der Waals surface area contributed by atoms with Gasteiger partial charge in [0, 0.05) is 18.6 Å². The second kappa shape index (κ2) is 5.05. The lowest BCUT2D eigenvalue weighted by atomic mass is 10.2. The van der Waals surface area contributed by atoms with Gasteiger partial charge in [-0.05, 0) is 11.6 Å². The van der Waals surface area contributed by atoms with E-state index in [4.69, 9.17) is 11.6 Å². The lowest BCUT2D eigenvalue weighted by Crippen LogP contribution is -2.03. The van der Waals surface area contributed by atoms with Crippen molar-refractivity contribution in [2.75, 3.05) is 5.32 Å². The minimum absolute atomic E-state index is 0.0513. The Morgan fingerprint density at radius 2 is 2.22 bits per heavy atom. The number of benzene rings is 1. The molecule has 0 saturated heterocycles. The van der Waals surface area contributed by atoms with Crippen molar-refractivity contribution in [3.8, 4) is 0 Å². The lowest BCUT2D eigenvalue weighted by molar-refractivity contribution is -0.384. The first kappa shape index (κ1) is 12.4. The summed E-state index contributed by atoms with van der Waals surface area (Å²) in [5.41, 5.74) is 0.809. The van der Waals surface area contributed by atoms with Crippen molar-refractivity contribution < 1.29 is 4.92 Å². The zero-order valence-corrected chi connectivity index (χ0v) is 10.4. The average molecular weight is 267 g/mol. The molecule has 0 aliphatic rings. The first-order valence-electron chi connectivity index (χ1n) is 5.23. The van der Waals surface area contributed by atoms with Crippen LogP contribution >= 0.6 is 11.6 Å². The van der Waals surface area contributed by atoms with Crippen LogP contribution < -0.4 is 5.32 Å². The highest BCUT2D eigenvalue weighted by Gasteiger charge is 2.18. The fraction of sp³-hybridized carbons (Fsp3) is 0.182. The van der Waals surface area contributed by atoms with Gasteiger partial charge >= 0.3 is 5.69 Å². The highest BCUT2D eigenvalue weighted by molar-refractivity contribution is 6.31. The predicted octanol–water partition coefficient (Wildman–Crippen LogP) is 2.59. The summed E-state index contributed by atoms with van der Waals surface area (Å²) in [6.45, 7) is 0.386. The van der Waals surface area contributed by atoms with Gasteiger partial charge in [0.1, 0.15) is 6.20 Å². The molecule has 0 aliphatic carbocycles. The molecule has 0 unspecified atom stereocenters. The van der Waals surface area contributed by atoms with E-state index in [1.807, 2.05) is 18.2 Å². The third-order valence-corrected chi connectivity index (χ3v) is 2.78. The average Bonchev–Trinajstić information content (AvgIpc) is 2.70. The SMILES string of the molecule is Cn1cc([N+](=O)[O-])c(NCc2ccccc2Cl)n1. The molecular formula is C11H11ClN4O2. The predicted molar refractivity (Wildman–Crippen MR) is 68.6 cm³/mol. The maximum absolute atomic E-state index is 10.8. The topological polar surface area (TPSA) is 73.0 Å². The van der Waals surface area contributed by atoms with Gasteiger partial charge in [0.05, 0.1) is 4.92 Å². The monoisotopic (exact) mass is 266 g/mol. The molecule has 0 saturated carbocycles. The van der Waals surface area contributed by atoms with Crippen LogP contribution in [-0.4, -0.2) is 14.7 Å². The van der Waals surface area contributed by atoms with Crippen LogP contribution in [0.3, 0.4) is 0 Å². The van der Waals surface area contributed by atoms with Crippen LogP contribution in [0, 0.1) is 10.1 Å². The summed E-state index contributed by atoms with van der Waals surface area (Å²) < 4.78 is 1.40. The van der Waals surface area contributed by atoms with Crippen molar-refractivity contribution in [3.05, 3.63) is 51.2 Å². The molecule has 94 valence electrons. The Kier molecular flexibility index (Phi) is 3.47. The van der Waals surface area contributed by atoms with Gasteiger partial charge in [0.25, 0.3) is 0 Å². The first-order valence-corrected chi connectivity index (χ1v) is 5.61. The number of nitrogens with one attached hydrogen (secondary N) is 1.